The van der Waals surface area contributed by atoms with Crippen LogP contribution in [0.1, 0.15) is 23.2 Å². The minimum absolute atomic E-state index is 0.117. The Morgan fingerprint density at radius 3 is 2.71 bits per heavy atom. The summed E-state index contributed by atoms with van der Waals surface area (Å²) < 4.78 is 5.61. The number of carbonyl (C=O) groups is 1. The lowest BCUT2D eigenvalue weighted by atomic mass is 9.91. The second-order valence-corrected chi connectivity index (χ2v) is 3.68. The van der Waals surface area contributed by atoms with Gasteiger partial charge in [-0.1, -0.05) is 18.2 Å². The van der Waals surface area contributed by atoms with Gasteiger partial charge in [0.1, 0.15) is 5.75 Å². The number of hydrogen-bond acceptors (Lipinski definition) is 2. The summed E-state index contributed by atoms with van der Waals surface area (Å²) in [4.78, 5) is 11.9. The molecular formula is C12H10O2. The van der Waals surface area contributed by atoms with Gasteiger partial charge in [-0.05, 0) is 30.5 Å². The highest BCUT2D eigenvalue weighted by molar-refractivity contribution is 6.06. The molecule has 2 heteroatoms. The molecule has 0 spiro atoms. The van der Waals surface area contributed by atoms with Crippen LogP contribution >= 0.6 is 0 Å². The molecule has 70 valence electrons. The van der Waals surface area contributed by atoms with E-state index >= 15 is 0 Å². The number of hydrogen-bond donors (Lipinski definition) is 0. The van der Waals surface area contributed by atoms with E-state index in [1.54, 1.807) is 0 Å². The average molecular weight is 186 g/mol. The number of carbonyl (C=O) groups excluding carboxylic acids is 1. The van der Waals surface area contributed by atoms with Crippen molar-refractivity contribution in [2.75, 3.05) is 0 Å². The van der Waals surface area contributed by atoms with Crippen LogP contribution < -0.4 is 4.74 Å². The molecule has 0 aromatic heterocycles. The van der Waals surface area contributed by atoms with Gasteiger partial charge < -0.3 is 4.74 Å². The third kappa shape index (κ3) is 0.939. The van der Waals surface area contributed by atoms with Crippen molar-refractivity contribution in [2.45, 2.75) is 18.9 Å². The fourth-order valence-corrected chi connectivity index (χ4v) is 1.89. The van der Waals surface area contributed by atoms with Crippen LogP contribution in [0.5, 0.6) is 5.75 Å². The second kappa shape index (κ2) is 2.71. The molecule has 0 saturated heterocycles. The number of fused-ring (bicyclic) bond motifs is 1. The Morgan fingerprint density at radius 1 is 1.29 bits per heavy atom. The van der Waals surface area contributed by atoms with Crippen LogP contribution in [0, 0.1) is 0 Å². The van der Waals surface area contributed by atoms with E-state index in [1.807, 2.05) is 24.3 Å². The Kier molecular flexibility index (Phi) is 1.51. The van der Waals surface area contributed by atoms with Gasteiger partial charge >= 0.3 is 0 Å². The lowest BCUT2D eigenvalue weighted by molar-refractivity contribution is 0.0888. The zero-order valence-corrected chi connectivity index (χ0v) is 7.69. The van der Waals surface area contributed by atoms with Gasteiger partial charge in [-0.3, -0.25) is 4.79 Å². The normalized spacial score (nSPS) is 23.6. The van der Waals surface area contributed by atoms with E-state index in [-0.39, 0.29) is 11.9 Å². The van der Waals surface area contributed by atoms with E-state index in [1.165, 1.54) is 0 Å². The molecular weight excluding hydrogens is 176 g/mol. The SMILES string of the molecule is O=C1c2ccccc2OC1C1=CCC1. The summed E-state index contributed by atoms with van der Waals surface area (Å²) >= 11 is 0. The molecule has 1 aromatic rings. The molecule has 0 amide bonds. The van der Waals surface area contributed by atoms with Crippen molar-refractivity contribution in [2.24, 2.45) is 0 Å². The van der Waals surface area contributed by atoms with Crippen molar-refractivity contribution >= 4 is 5.78 Å². The van der Waals surface area contributed by atoms with Crippen molar-refractivity contribution in [3.05, 3.63) is 41.5 Å². The average Bonchev–Trinajstić information content (AvgIpc) is 2.43. The highest BCUT2D eigenvalue weighted by Gasteiger charge is 2.35. The van der Waals surface area contributed by atoms with Crippen molar-refractivity contribution in [1.29, 1.82) is 0 Å². The molecule has 0 N–H and O–H groups in total. The molecule has 1 heterocycles. The van der Waals surface area contributed by atoms with Crippen LogP contribution in [0.2, 0.25) is 0 Å². The van der Waals surface area contributed by atoms with Crippen molar-refractivity contribution in [3.63, 3.8) is 0 Å². The third-order valence-corrected chi connectivity index (χ3v) is 2.81. The predicted octanol–water partition coefficient (Wildman–Crippen LogP) is 2.35. The van der Waals surface area contributed by atoms with E-state index in [0.29, 0.717) is 0 Å². The van der Waals surface area contributed by atoms with Crippen LogP contribution in [-0.4, -0.2) is 11.9 Å². The Bertz CT molecular complexity index is 432. The molecule has 14 heavy (non-hydrogen) atoms. The second-order valence-electron chi connectivity index (χ2n) is 3.68. The van der Waals surface area contributed by atoms with Crippen LogP contribution in [0.15, 0.2) is 35.9 Å². The van der Waals surface area contributed by atoms with Gasteiger partial charge in [-0.25, -0.2) is 0 Å². The number of Topliss-reactive ketones (excluding diaryl/α,β-unsaturated/α-hetero) is 1. The van der Waals surface area contributed by atoms with Crippen molar-refractivity contribution in [1.82, 2.24) is 0 Å². The number of ketones is 1. The molecule has 1 atom stereocenters. The smallest absolute Gasteiger partial charge is 0.211 e. The molecule has 0 bridgehead atoms. The summed E-state index contributed by atoms with van der Waals surface area (Å²) in [6, 6.07) is 7.45. The Balaban J connectivity index is 2.01. The van der Waals surface area contributed by atoms with Crippen molar-refractivity contribution in [3.8, 4) is 5.75 Å². The first kappa shape index (κ1) is 7.80. The Labute approximate surface area is 82.2 Å². The summed E-state index contributed by atoms with van der Waals surface area (Å²) in [6.07, 6.45) is 3.86. The molecule has 0 radical (unpaired) electrons. The maximum Gasteiger partial charge on any atom is 0.211 e. The van der Waals surface area contributed by atoms with Gasteiger partial charge in [0.25, 0.3) is 0 Å². The van der Waals surface area contributed by atoms with Crippen LogP contribution in [0.3, 0.4) is 0 Å². The van der Waals surface area contributed by atoms with Crippen LogP contribution in [-0.2, 0) is 0 Å². The summed E-state index contributed by atoms with van der Waals surface area (Å²) in [5.74, 6) is 0.849. The van der Waals surface area contributed by atoms with Gasteiger partial charge in [0.05, 0.1) is 5.56 Å². The van der Waals surface area contributed by atoms with E-state index in [9.17, 15) is 4.79 Å². The van der Waals surface area contributed by atoms with Crippen LogP contribution in [0.25, 0.3) is 0 Å². The summed E-state index contributed by atoms with van der Waals surface area (Å²) in [6.45, 7) is 0. The van der Waals surface area contributed by atoms with Gasteiger partial charge in [0.15, 0.2) is 6.10 Å². The number of benzene rings is 1. The number of ether oxygens (including phenoxy) is 1. The zero-order chi connectivity index (χ0) is 9.54. The number of allylic oxidation sites excluding steroid dienone is 1. The molecule has 2 nitrogen and oxygen atoms in total. The number of rotatable bonds is 1. The van der Waals surface area contributed by atoms with E-state index in [2.05, 4.69) is 6.08 Å². The van der Waals surface area contributed by atoms with E-state index in [4.69, 9.17) is 4.74 Å². The maximum atomic E-state index is 11.9. The molecule has 2 aliphatic rings. The third-order valence-electron chi connectivity index (χ3n) is 2.81. The molecule has 1 aromatic carbocycles. The lowest BCUT2D eigenvalue weighted by Crippen LogP contribution is -2.25. The minimum Gasteiger partial charge on any atom is -0.477 e. The van der Waals surface area contributed by atoms with Gasteiger partial charge in [-0.15, -0.1) is 0 Å². The first-order chi connectivity index (χ1) is 6.86. The summed E-state index contributed by atoms with van der Waals surface area (Å²) in [5.41, 5.74) is 1.87. The molecule has 3 rings (SSSR count). The molecule has 1 aliphatic carbocycles. The topological polar surface area (TPSA) is 26.3 Å². The first-order valence-corrected chi connectivity index (χ1v) is 4.85. The first-order valence-electron chi connectivity index (χ1n) is 4.85. The predicted molar refractivity (Wildman–Crippen MR) is 52.5 cm³/mol. The monoisotopic (exact) mass is 186 g/mol. The molecule has 0 fully saturated rings. The van der Waals surface area contributed by atoms with Gasteiger partial charge in [0.2, 0.25) is 5.78 Å². The van der Waals surface area contributed by atoms with Gasteiger partial charge in [0, 0.05) is 0 Å². The largest absolute Gasteiger partial charge is 0.477 e. The Hall–Kier alpha value is -1.57. The fourth-order valence-electron chi connectivity index (χ4n) is 1.89. The highest BCUT2D eigenvalue weighted by Crippen LogP contribution is 2.35. The zero-order valence-electron chi connectivity index (χ0n) is 7.69. The molecule has 1 unspecified atom stereocenters. The fraction of sp³-hybridized carbons (Fsp3) is 0.250. The molecule has 1 aliphatic heterocycles. The summed E-state index contributed by atoms with van der Waals surface area (Å²) in [5, 5.41) is 0. The quantitative estimate of drug-likeness (QED) is 0.629. The number of para-hydroxylation sites is 1. The van der Waals surface area contributed by atoms with Crippen molar-refractivity contribution < 1.29 is 9.53 Å². The van der Waals surface area contributed by atoms with Crippen LogP contribution in [0.4, 0.5) is 0 Å². The molecule has 0 saturated carbocycles. The Morgan fingerprint density at radius 2 is 2.07 bits per heavy atom. The highest BCUT2D eigenvalue weighted by atomic mass is 16.5. The standard InChI is InChI=1S/C12H10O2/c13-11-9-6-1-2-7-10(9)14-12(11)8-4-3-5-8/h1-2,4,6-7,12H,3,5H2. The summed E-state index contributed by atoms with van der Waals surface area (Å²) in [7, 11) is 0. The minimum atomic E-state index is -0.318. The maximum absolute atomic E-state index is 11.9. The van der Waals surface area contributed by atoms with Gasteiger partial charge in [-0.2, -0.15) is 0 Å². The van der Waals surface area contributed by atoms with E-state index < -0.39 is 0 Å². The lowest BCUT2D eigenvalue weighted by Gasteiger charge is -2.19. The van der Waals surface area contributed by atoms with E-state index in [0.717, 1.165) is 29.7 Å².